The highest BCUT2D eigenvalue weighted by atomic mass is 79.9. The van der Waals surface area contributed by atoms with E-state index in [4.69, 9.17) is 0 Å². The maximum Gasteiger partial charge on any atom is 0.314 e. The van der Waals surface area contributed by atoms with Crippen LogP contribution in [-0.4, -0.2) is 11.1 Å². The average molecular weight is 287 g/mol. The smallest absolute Gasteiger partial charge is 0.314 e. The van der Waals surface area contributed by atoms with E-state index in [1.165, 1.54) is 0 Å². The minimum Gasteiger partial charge on any atom is -0.481 e. The fourth-order valence-corrected chi connectivity index (χ4v) is 2.82. The van der Waals surface area contributed by atoms with Gasteiger partial charge in [-0.25, -0.2) is 4.39 Å². The lowest BCUT2D eigenvalue weighted by atomic mass is 9.79. The van der Waals surface area contributed by atoms with Gasteiger partial charge in [0.15, 0.2) is 0 Å². The average Bonchev–Trinajstić information content (AvgIpc) is 2.72. The predicted octanol–water partition coefficient (Wildman–Crippen LogP) is 3.48. The van der Waals surface area contributed by atoms with Crippen LogP contribution in [0.1, 0.15) is 31.2 Å². The molecular formula is C12H12BrFO2. The Labute approximate surface area is 102 Å². The van der Waals surface area contributed by atoms with Crippen molar-refractivity contribution in [1.29, 1.82) is 0 Å². The maximum atomic E-state index is 13.9. The van der Waals surface area contributed by atoms with Crippen LogP contribution in [-0.2, 0) is 10.2 Å². The third-order valence-corrected chi connectivity index (χ3v) is 3.95. The highest BCUT2D eigenvalue weighted by molar-refractivity contribution is 9.10. The van der Waals surface area contributed by atoms with Gasteiger partial charge in [-0.2, -0.15) is 0 Å². The van der Waals surface area contributed by atoms with Crippen LogP contribution in [0, 0.1) is 5.82 Å². The van der Waals surface area contributed by atoms with Crippen LogP contribution in [0.15, 0.2) is 22.7 Å². The molecule has 86 valence electrons. The van der Waals surface area contributed by atoms with Gasteiger partial charge in [0.1, 0.15) is 5.82 Å². The Morgan fingerprint density at radius 3 is 2.56 bits per heavy atom. The van der Waals surface area contributed by atoms with Crippen molar-refractivity contribution in [3.8, 4) is 0 Å². The minimum atomic E-state index is -1.02. The quantitative estimate of drug-likeness (QED) is 0.904. The van der Waals surface area contributed by atoms with Gasteiger partial charge in [-0.1, -0.05) is 25.0 Å². The normalized spacial score (nSPS) is 18.6. The number of halogens is 2. The summed E-state index contributed by atoms with van der Waals surface area (Å²) in [4.78, 5) is 11.4. The Morgan fingerprint density at radius 1 is 1.38 bits per heavy atom. The van der Waals surface area contributed by atoms with E-state index in [0.717, 1.165) is 12.8 Å². The molecule has 1 fully saturated rings. The summed E-state index contributed by atoms with van der Waals surface area (Å²) in [6.07, 6.45) is 2.74. The highest BCUT2D eigenvalue weighted by Crippen LogP contribution is 2.43. The molecule has 0 spiro atoms. The standard InChI is InChI=1S/C12H12BrFO2/c13-9-5-3-4-8(10(9)14)12(11(15)16)6-1-2-7-12/h3-5H,1-2,6-7H2,(H,15,16). The summed E-state index contributed by atoms with van der Waals surface area (Å²) in [5, 5.41) is 9.35. The monoisotopic (exact) mass is 286 g/mol. The van der Waals surface area contributed by atoms with E-state index in [0.29, 0.717) is 22.9 Å². The molecule has 0 heterocycles. The molecular weight excluding hydrogens is 275 g/mol. The fourth-order valence-electron chi connectivity index (χ4n) is 2.45. The number of aliphatic carboxylic acids is 1. The van der Waals surface area contributed by atoms with Crippen molar-refractivity contribution in [2.75, 3.05) is 0 Å². The number of carboxylic acid groups (broad SMARTS) is 1. The van der Waals surface area contributed by atoms with Gasteiger partial charge in [0, 0.05) is 5.56 Å². The topological polar surface area (TPSA) is 37.3 Å². The third kappa shape index (κ3) is 1.65. The molecule has 0 aromatic heterocycles. The molecule has 0 atom stereocenters. The van der Waals surface area contributed by atoms with Crippen LogP contribution >= 0.6 is 15.9 Å². The fraction of sp³-hybridized carbons (Fsp3) is 0.417. The van der Waals surface area contributed by atoms with Crippen molar-refractivity contribution in [2.24, 2.45) is 0 Å². The van der Waals surface area contributed by atoms with Crippen LogP contribution in [0.5, 0.6) is 0 Å². The molecule has 0 saturated heterocycles. The number of carbonyl (C=O) groups is 1. The van der Waals surface area contributed by atoms with Crippen molar-refractivity contribution >= 4 is 21.9 Å². The Morgan fingerprint density at radius 2 is 2.00 bits per heavy atom. The number of hydrogen-bond acceptors (Lipinski definition) is 1. The summed E-state index contributed by atoms with van der Waals surface area (Å²) in [5.74, 6) is -1.35. The summed E-state index contributed by atoms with van der Waals surface area (Å²) in [5.41, 5.74) is -0.708. The van der Waals surface area contributed by atoms with E-state index in [9.17, 15) is 14.3 Å². The van der Waals surface area contributed by atoms with Crippen LogP contribution in [0.4, 0.5) is 4.39 Å². The zero-order valence-corrected chi connectivity index (χ0v) is 10.3. The molecule has 1 aliphatic carbocycles. The summed E-state index contributed by atoms with van der Waals surface area (Å²) < 4.78 is 14.3. The molecule has 0 unspecified atom stereocenters. The van der Waals surface area contributed by atoms with Gasteiger partial charge in [-0.3, -0.25) is 4.79 Å². The lowest BCUT2D eigenvalue weighted by molar-refractivity contribution is -0.143. The third-order valence-electron chi connectivity index (χ3n) is 3.33. The summed E-state index contributed by atoms with van der Waals surface area (Å²) in [7, 11) is 0. The maximum absolute atomic E-state index is 13.9. The van der Waals surface area contributed by atoms with Crippen LogP contribution in [0.25, 0.3) is 0 Å². The lowest BCUT2D eigenvalue weighted by Gasteiger charge is -2.25. The molecule has 0 bridgehead atoms. The van der Waals surface area contributed by atoms with E-state index in [2.05, 4.69) is 15.9 Å². The molecule has 2 nitrogen and oxygen atoms in total. The molecule has 0 amide bonds. The van der Waals surface area contributed by atoms with Crippen molar-refractivity contribution in [1.82, 2.24) is 0 Å². The molecule has 1 saturated carbocycles. The molecule has 4 heteroatoms. The van der Waals surface area contributed by atoms with Gasteiger partial charge in [0.25, 0.3) is 0 Å². The largest absolute Gasteiger partial charge is 0.481 e. The van der Waals surface area contributed by atoms with Gasteiger partial charge >= 0.3 is 5.97 Å². The number of benzene rings is 1. The molecule has 16 heavy (non-hydrogen) atoms. The van der Waals surface area contributed by atoms with Gasteiger partial charge in [0.2, 0.25) is 0 Å². The molecule has 1 N–H and O–H groups in total. The minimum absolute atomic E-state index is 0.312. The van der Waals surface area contributed by atoms with Gasteiger partial charge < -0.3 is 5.11 Å². The van der Waals surface area contributed by atoms with Crippen LogP contribution in [0.2, 0.25) is 0 Å². The van der Waals surface area contributed by atoms with Crippen LogP contribution < -0.4 is 0 Å². The predicted molar refractivity (Wildman–Crippen MR) is 61.9 cm³/mol. The Balaban J connectivity index is 2.56. The first-order valence-corrected chi connectivity index (χ1v) is 6.05. The first-order chi connectivity index (χ1) is 7.58. The van der Waals surface area contributed by atoms with Gasteiger partial charge in [-0.05, 0) is 34.8 Å². The summed E-state index contributed by atoms with van der Waals surface area (Å²) >= 11 is 3.10. The summed E-state index contributed by atoms with van der Waals surface area (Å²) in [6, 6.07) is 4.86. The van der Waals surface area contributed by atoms with Crippen molar-refractivity contribution in [2.45, 2.75) is 31.1 Å². The van der Waals surface area contributed by atoms with Crippen molar-refractivity contribution in [3.05, 3.63) is 34.1 Å². The van der Waals surface area contributed by atoms with E-state index >= 15 is 0 Å². The van der Waals surface area contributed by atoms with Crippen molar-refractivity contribution < 1.29 is 14.3 Å². The Kier molecular flexibility index (Phi) is 3.02. The first kappa shape index (κ1) is 11.6. The molecule has 1 aromatic carbocycles. The van der Waals surface area contributed by atoms with E-state index in [1.807, 2.05) is 0 Å². The molecule has 2 rings (SSSR count). The van der Waals surface area contributed by atoms with E-state index in [-0.39, 0.29) is 0 Å². The van der Waals surface area contributed by atoms with Crippen molar-refractivity contribution in [3.63, 3.8) is 0 Å². The molecule has 1 aromatic rings. The van der Waals surface area contributed by atoms with Gasteiger partial charge in [-0.15, -0.1) is 0 Å². The lowest BCUT2D eigenvalue weighted by Crippen LogP contribution is -2.33. The van der Waals surface area contributed by atoms with E-state index in [1.54, 1.807) is 18.2 Å². The Bertz CT molecular complexity index is 425. The number of rotatable bonds is 2. The zero-order valence-electron chi connectivity index (χ0n) is 8.67. The number of carboxylic acids is 1. The van der Waals surface area contributed by atoms with Crippen LogP contribution in [0.3, 0.4) is 0 Å². The molecule has 1 aliphatic rings. The SMILES string of the molecule is O=C(O)C1(c2cccc(Br)c2F)CCCC1. The second kappa shape index (κ2) is 4.17. The first-order valence-electron chi connectivity index (χ1n) is 5.26. The molecule has 0 radical (unpaired) electrons. The second-order valence-corrected chi connectivity index (χ2v) is 5.05. The summed E-state index contributed by atoms with van der Waals surface area (Å²) in [6.45, 7) is 0. The zero-order chi connectivity index (χ0) is 11.8. The van der Waals surface area contributed by atoms with E-state index < -0.39 is 17.2 Å². The Hall–Kier alpha value is -0.900. The van der Waals surface area contributed by atoms with Gasteiger partial charge in [0.05, 0.1) is 9.89 Å². The molecule has 0 aliphatic heterocycles. The highest BCUT2D eigenvalue weighted by Gasteiger charge is 2.44. The number of hydrogen-bond donors (Lipinski definition) is 1. The second-order valence-electron chi connectivity index (χ2n) is 4.20.